The molecule has 2 rings (SSSR count). The van der Waals surface area contributed by atoms with Crippen LogP contribution in [0.2, 0.25) is 0 Å². The van der Waals surface area contributed by atoms with Crippen molar-refractivity contribution >= 4 is 0 Å². The first-order valence-corrected chi connectivity index (χ1v) is 5.34. The van der Waals surface area contributed by atoms with Crippen LogP contribution in [0.15, 0.2) is 18.2 Å². The van der Waals surface area contributed by atoms with Gasteiger partial charge in [0.15, 0.2) is 0 Å². The van der Waals surface area contributed by atoms with Crippen molar-refractivity contribution in [2.45, 2.75) is 26.0 Å². The predicted molar refractivity (Wildman–Crippen MR) is 56.7 cm³/mol. The number of halogens is 1. The molecule has 1 saturated carbocycles. The van der Waals surface area contributed by atoms with E-state index in [2.05, 4.69) is 0 Å². The molecule has 0 atom stereocenters. The van der Waals surface area contributed by atoms with Crippen LogP contribution in [0.25, 0.3) is 0 Å². The molecule has 1 aromatic carbocycles. The number of benzene rings is 1. The molecule has 1 aliphatic rings. The first-order chi connectivity index (χ1) is 7.29. The van der Waals surface area contributed by atoms with E-state index in [0.717, 1.165) is 23.7 Å². The monoisotopic (exact) mass is 209 g/mol. The van der Waals surface area contributed by atoms with E-state index in [1.54, 1.807) is 6.07 Å². The third-order valence-electron chi connectivity index (χ3n) is 2.70. The zero-order valence-corrected chi connectivity index (χ0v) is 8.71. The van der Waals surface area contributed by atoms with Crippen molar-refractivity contribution in [3.63, 3.8) is 0 Å². The largest absolute Gasteiger partial charge is 0.376 e. The first-order valence-electron chi connectivity index (χ1n) is 5.34. The lowest BCUT2D eigenvalue weighted by molar-refractivity contribution is 0.110. The summed E-state index contributed by atoms with van der Waals surface area (Å²) in [7, 11) is 0. The van der Waals surface area contributed by atoms with Gasteiger partial charge in [-0.2, -0.15) is 0 Å². The van der Waals surface area contributed by atoms with Crippen molar-refractivity contribution in [2.24, 2.45) is 11.7 Å². The maximum Gasteiger partial charge on any atom is 0.123 e. The number of rotatable bonds is 5. The molecule has 0 spiro atoms. The zero-order valence-electron chi connectivity index (χ0n) is 8.71. The molecule has 0 unspecified atom stereocenters. The van der Waals surface area contributed by atoms with Gasteiger partial charge in [-0.25, -0.2) is 4.39 Å². The van der Waals surface area contributed by atoms with Gasteiger partial charge in [0.2, 0.25) is 0 Å². The summed E-state index contributed by atoms with van der Waals surface area (Å²) in [5.74, 6) is 0.511. The van der Waals surface area contributed by atoms with Crippen molar-refractivity contribution in [2.75, 3.05) is 6.61 Å². The predicted octanol–water partition coefficient (Wildman–Crippen LogP) is 2.21. The Morgan fingerprint density at radius 3 is 2.80 bits per heavy atom. The molecular weight excluding hydrogens is 193 g/mol. The first kappa shape index (κ1) is 10.6. The molecule has 0 amide bonds. The second kappa shape index (κ2) is 4.73. The van der Waals surface area contributed by atoms with Crippen molar-refractivity contribution < 1.29 is 9.13 Å². The summed E-state index contributed by atoms with van der Waals surface area (Å²) in [5, 5.41) is 0. The molecule has 82 valence electrons. The highest BCUT2D eigenvalue weighted by molar-refractivity contribution is 5.27. The SMILES string of the molecule is NCc1ccc(F)cc1COCC1CC1. The van der Waals surface area contributed by atoms with Crippen LogP contribution >= 0.6 is 0 Å². The van der Waals surface area contributed by atoms with Crippen LogP contribution < -0.4 is 5.73 Å². The third-order valence-corrected chi connectivity index (χ3v) is 2.70. The topological polar surface area (TPSA) is 35.2 Å². The summed E-state index contributed by atoms with van der Waals surface area (Å²) in [6, 6.07) is 4.67. The van der Waals surface area contributed by atoms with Gasteiger partial charge in [-0.05, 0) is 42.0 Å². The highest BCUT2D eigenvalue weighted by Gasteiger charge is 2.21. The fourth-order valence-corrected chi connectivity index (χ4v) is 1.55. The zero-order chi connectivity index (χ0) is 10.7. The molecule has 0 saturated heterocycles. The van der Waals surface area contributed by atoms with Crippen LogP contribution in [0.5, 0.6) is 0 Å². The smallest absolute Gasteiger partial charge is 0.123 e. The Bertz CT molecular complexity index is 336. The van der Waals surface area contributed by atoms with E-state index in [1.807, 2.05) is 0 Å². The van der Waals surface area contributed by atoms with Crippen molar-refractivity contribution in [1.29, 1.82) is 0 Å². The van der Waals surface area contributed by atoms with E-state index in [1.165, 1.54) is 25.0 Å². The van der Waals surface area contributed by atoms with E-state index in [0.29, 0.717) is 13.2 Å². The molecule has 1 aromatic rings. The Kier molecular flexibility index (Phi) is 3.34. The average molecular weight is 209 g/mol. The normalized spacial score (nSPS) is 15.6. The van der Waals surface area contributed by atoms with Crippen LogP contribution in [0.4, 0.5) is 4.39 Å². The Hall–Kier alpha value is -0.930. The van der Waals surface area contributed by atoms with Gasteiger partial charge in [-0.15, -0.1) is 0 Å². The molecule has 2 nitrogen and oxygen atoms in total. The quantitative estimate of drug-likeness (QED) is 0.807. The van der Waals surface area contributed by atoms with Crippen LogP contribution in [0, 0.1) is 11.7 Å². The van der Waals surface area contributed by atoms with Crippen molar-refractivity contribution in [3.05, 3.63) is 35.1 Å². The number of hydrogen-bond donors (Lipinski definition) is 1. The van der Waals surface area contributed by atoms with Gasteiger partial charge in [0.05, 0.1) is 6.61 Å². The minimum atomic E-state index is -0.225. The molecule has 3 heteroatoms. The fraction of sp³-hybridized carbons (Fsp3) is 0.500. The lowest BCUT2D eigenvalue weighted by Crippen LogP contribution is -2.05. The van der Waals surface area contributed by atoms with E-state index < -0.39 is 0 Å². The molecular formula is C12H16FNO. The molecule has 0 aromatic heterocycles. The fourth-order valence-electron chi connectivity index (χ4n) is 1.55. The van der Waals surface area contributed by atoms with Crippen LogP contribution in [-0.2, 0) is 17.9 Å². The summed E-state index contributed by atoms with van der Waals surface area (Å²) in [5.41, 5.74) is 7.40. The van der Waals surface area contributed by atoms with E-state index in [-0.39, 0.29) is 5.82 Å². The molecule has 1 fully saturated rings. The van der Waals surface area contributed by atoms with Crippen LogP contribution in [-0.4, -0.2) is 6.61 Å². The van der Waals surface area contributed by atoms with E-state index >= 15 is 0 Å². The molecule has 0 bridgehead atoms. The van der Waals surface area contributed by atoms with E-state index in [4.69, 9.17) is 10.5 Å². The summed E-state index contributed by atoms with van der Waals surface area (Å²) >= 11 is 0. The van der Waals surface area contributed by atoms with Gasteiger partial charge >= 0.3 is 0 Å². The standard InChI is InChI=1S/C12H16FNO/c13-12-4-3-10(6-14)11(5-12)8-15-7-9-1-2-9/h3-5,9H,1-2,6-8,14H2. The van der Waals surface area contributed by atoms with E-state index in [9.17, 15) is 4.39 Å². The Labute approximate surface area is 89.2 Å². The van der Waals surface area contributed by atoms with Gasteiger partial charge in [0.25, 0.3) is 0 Å². The van der Waals surface area contributed by atoms with Gasteiger partial charge < -0.3 is 10.5 Å². The van der Waals surface area contributed by atoms with Crippen LogP contribution in [0.3, 0.4) is 0 Å². The summed E-state index contributed by atoms with van der Waals surface area (Å²) in [6.45, 7) is 1.70. The van der Waals surface area contributed by atoms with Crippen LogP contribution in [0.1, 0.15) is 24.0 Å². The highest BCUT2D eigenvalue weighted by atomic mass is 19.1. The Balaban J connectivity index is 1.94. The minimum absolute atomic E-state index is 0.225. The van der Waals surface area contributed by atoms with Crippen molar-refractivity contribution in [3.8, 4) is 0 Å². The van der Waals surface area contributed by atoms with Gasteiger partial charge in [-0.1, -0.05) is 6.07 Å². The van der Waals surface area contributed by atoms with Gasteiger partial charge in [-0.3, -0.25) is 0 Å². The van der Waals surface area contributed by atoms with Gasteiger partial charge in [0.1, 0.15) is 5.82 Å². The number of hydrogen-bond acceptors (Lipinski definition) is 2. The summed E-state index contributed by atoms with van der Waals surface area (Å²) < 4.78 is 18.5. The lowest BCUT2D eigenvalue weighted by atomic mass is 10.1. The lowest BCUT2D eigenvalue weighted by Gasteiger charge is -2.08. The molecule has 2 N–H and O–H groups in total. The number of nitrogens with two attached hydrogens (primary N) is 1. The molecule has 0 aliphatic heterocycles. The maximum absolute atomic E-state index is 13.0. The van der Waals surface area contributed by atoms with Crippen molar-refractivity contribution in [1.82, 2.24) is 0 Å². The minimum Gasteiger partial charge on any atom is -0.376 e. The molecule has 0 radical (unpaired) electrons. The summed E-state index contributed by atoms with van der Waals surface area (Å²) in [6.07, 6.45) is 2.54. The van der Waals surface area contributed by atoms with Gasteiger partial charge in [0, 0.05) is 13.2 Å². The molecule has 0 heterocycles. The Morgan fingerprint density at radius 1 is 1.33 bits per heavy atom. The highest BCUT2D eigenvalue weighted by Crippen LogP contribution is 2.29. The molecule has 15 heavy (non-hydrogen) atoms. The number of ether oxygens (including phenoxy) is 1. The second-order valence-corrected chi connectivity index (χ2v) is 4.08. The third kappa shape index (κ3) is 3.01. The average Bonchev–Trinajstić information content (AvgIpc) is 3.02. The molecule has 1 aliphatic carbocycles. The summed E-state index contributed by atoms with van der Waals surface area (Å²) in [4.78, 5) is 0. The maximum atomic E-state index is 13.0. The second-order valence-electron chi connectivity index (χ2n) is 4.08. The Morgan fingerprint density at radius 2 is 2.13 bits per heavy atom.